The molecule has 1 aromatic heterocycles. The third-order valence-electron chi connectivity index (χ3n) is 2.86. The summed E-state index contributed by atoms with van der Waals surface area (Å²) >= 11 is 0. The minimum absolute atomic E-state index is 0.303. The normalized spacial score (nSPS) is 11.5. The van der Waals surface area contributed by atoms with E-state index >= 15 is 0 Å². The number of nitrogens with one attached hydrogen (secondary N) is 1. The topological polar surface area (TPSA) is 50.9 Å². The van der Waals surface area contributed by atoms with Gasteiger partial charge in [0.2, 0.25) is 0 Å². The highest BCUT2D eigenvalue weighted by molar-refractivity contribution is 5.50. The number of hydrogen-bond donors (Lipinski definition) is 2. The van der Waals surface area contributed by atoms with E-state index in [1.54, 1.807) is 6.20 Å². The second-order valence-electron chi connectivity index (χ2n) is 4.80. The molecule has 0 aliphatic heterocycles. The van der Waals surface area contributed by atoms with Crippen molar-refractivity contribution in [1.29, 1.82) is 0 Å². The lowest BCUT2D eigenvalue weighted by Gasteiger charge is -2.23. The summed E-state index contributed by atoms with van der Waals surface area (Å²) in [5.41, 5.74) is 7.83. The van der Waals surface area contributed by atoms with Gasteiger partial charge in [0.25, 0.3) is 0 Å². The second kappa shape index (κ2) is 4.51. The molecule has 0 aliphatic carbocycles. The first-order valence-corrected chi connectivity index (χ1v) is 5.40. The van der Waals surface area contributed by atoms with Gasteiger partial charge in [-0.3, -0.25) is 0 Å². The van der Waals surface area contributed by atoms with Crippen LogP contribution in [0.3, 0.4) is 0 Å². The molecule has 1 heterocycles. The van der Waals surface area contributed by atoms with E-state index in [4.69, 9.17) is 5.73 Å². The predicted molar refractivity (Wildman–Crippen MR) is 65.9 cm³/mol. The van der Waals surface area contributed by atoms with E-state index in [0.717, 1.165) is 30.0 Å². The first kappa shape index (κ1) is 11.8. The van der Waals surface area contributed by atoms with Gasteiger partial charge in [-0.15, -0.1) is 0 Å². The van der Waals surface area contributed by atoms with Crippen molar-refractivity contribution in [2.75, 3.05) is 17.6 Å². The van der Waals surface area contributed by atoms with Crippen molar-refractivity contribution in [1.82, 2.24) is 4.98 Å². The van der Waals surface area contributed by atoms with Crippen molar-refractivity contribution in [3.8, 4) is 0 Å². The molecule has 3 N–H and O–H groups in total. The highest BCUT2D eigenvalue weighted by Gasteiger charge is 2.14. The van der Waals surface area contributed by atoms with Crippen LogP contribution in [0.1, 0.15) is 32.8 Å². The Labute approximate surface area is 92.1 Å². The van der Waals surface area contributed by atoms with Gasteiger partial charge in [0, 0.05) is 6.54 Å². The van der Waals surface area contributed by atoms with Gasteiger partial charge in [0.05, 0.1) is 11.9 Å². The quantitative estimate of drug-likeness (QED) is 0.798. The van der Waals surface area contributed by atoms with Crippen LogP contribution >= 0.6 is 0 Å². The van der Waals surface area contributed by atoms with Gasteiger partial charge < -0.3 is 11.1 Å². The Balaban J connectivity index is 2.62. The first-order valence-electron chi connectivity index (χ1n) is 5.40. The fraction of sp³-hybridized carbons (Fsp3) is 0.583. The Morgan fingerprint density at radius 1 is 1.47 bits per heavy atom. The standard InChI is InChI=1S/C12H21N3/c1-5-12(3,4)8-15-11-6-9(2)10(13)7-14-11/h6-7H,5,8,13H2,1-4H3,(H,14,15). The molecule has 0 saturated heterocycles. The molecule has 15 heavy (non-hydrogen) atoms. The first-order chi connectivity index (χ1) is 6.94. The smallest absolute Gasteiger partial charge is 0.126 e. The predicted octanol–water partition coefficient (Wildman–Crippen LogP) is 2.82. The number of nitrogens with two attached hydrogens (primary N) is 1. The molecule has 0 spiro atoms. The largest absolute Gasteiger partial charge is 0.397 e. The van der Waals surface area contributed by atoms with Gasteiger partial charge in [0.1, 0.15) is 5.82 Å². The van der Waals surface area contributed by atoms with E-state index in [1.165, 1.54) is 0 Å². The average Bonchev–Trinajstić information content (AvgIpc) is 2.20. The molecule has 1 rings (SSSR count). The van der Waals surface area contributed by atoms with Crippen LogP contribution in [0, 0.1) is 12.3 Å². The van der Waals surface area contributed by atoms with Crippen molar-refractivity contribution in [3.63, 3.8) is 0 Å². The van der Waals surface area contributed by atoms with E-state index in [0.29, 0.717) is 5.41 Å². The number of hydrogen-bond acceptors (Lipinski definition) is 3. The number of rotatable bonds is 4. The van der Waals surface area contributed by atoms with E-state index < -0.39 is 0 Å². The maximum absolute atomic E-state index is 5.71. The van der Waals surface area contributed by atoms with Gasteiger partial charge in [-0.05, 0) is 30.4 Å². The number of aryl methyl sites for hydroxylation is 1. The zero-order chi connectivity index (χ0) is 11.5. The molecule has 0 aromatic carbocycles. The molecule has 0 fully saturated rings. The second-order valence-corrected chi connectivity index (χ2v) is 4.80. The van der Waals surface area contributed by atoms with Gasteiger partial charge >= 0.3 is 0 Å². The molecular formula is C12H21N3. The molecule has 0 atom stereocenters. The Morgan fingerprint density at radius 2 is 2.13 bits per heavy atom. The SMILES string of the molecule is CCC(C)(C)CNc1cc(C)c(N)cn1. The van der Waals surface area contributed by atoms with E-state index in [2.05, 4.69) is 31.1 Å². The lowest BCUT2D eigenvalue weighted by molar-refractivity contribution is 0.376. The summed E-state index contributed by atoms with van der Waals surface area (Å²) in [7, 11) is 0. The molecule has 3 heteroatoms. The molecule has 3 nitrogen and oxygen atoms in total. The maximum atomic E-state index is 5.71. The van der Waals surface area contributed by atoms with E-state index in [9.17, 15) is 0 Å². The zero-order valence-electron chi connectivity index (χ0n) is 10.1. The van der Waals surface area contributed by atoms with Gasteiger partial charge in [0.15, 0.2) is 0 Å². The minimum Gasteiger partial charge on any atom is -0.397 e. The molecule has 84 valence electrons. The van der Waals surface area contributed by atoms with Crippen LogP contribution in [0.4, 0.5) is 11.5 Å². The number of nitrogens with zero attached hydrogens (tertiary/aromatic N) is 1. The molecule has 0 amide bonds. The van der Waals surface area contributed by atoms with Crippen LogP contribution in [0.2, 0.25) is 0 Å². The summed E-state index contributed by atoms with van der Waals surface area (Å²) in [4.78, 5) is 4.24. The highest BCUT2D eigenvalue weighted by Crippen LogP contribution is 2.20. The van der Waals surface area contributed by atoms with Crippen LogP contribution in [0.25, 0.3) is 0 Å². The third-order valence-corrected chi connectivity index (χ3v) is 2.86. The molecule has 1 aromatic rings. The lowest BCUT2D eigenvalue weighted by Crippen LogP contribution is -2.22. The minimum atomic E-state index is 0.303. The number of nitrogen functional groups attached to an aromatic ring is 1. The van der Waals surface area contributed by atoms with Gasteiger partial charge in [-0.25, -0.2) is 4.98 Å². The van der Waals surface area contributed by atoms with Crippen LogP contribution in [-0.4, -0.2) is 11.5 Å². The maximum Gasteiger partial charge on any atom is 0.126 e. The van der Waals surface area contributed by atoms with E-state index in [1.807, 2.05) is 13.0 Å². The molecular weight excluding hydrogens is 186 g/mol. The number of anilines is 2. The van der Waals surface area contributed by atoms with Crippen molar-refractivity contribution < 1.29 is 0 Å². The monoisotopic (exact) mass is 207 g/mol. The van der Waals surface area contributed by atoms with Gasteiger partial charge in [-0.1, -0.05) is 20.8 Å². The van der Waals surface area contributed by atoms with Crippen molar-refractivity contribution >= 4 is 11.5 Å². The van der Waals surface area contributed by atoms with Crippen LogP contribution < -0.4 is 11.1 Å². The van der Waals surface area contributed by atoms with Crippen LogP contribution in [-0.2, 0) is 0 Å². The summed E-state index contributed by atoms with van der Waals surface area (Å²) in [5, 5.41) is 3.34. The zero-order valence-corrected chi connectivity index (χ0v) is 10.1. The lowest BCUT2D eigenvalue weighted by atomic mass is 9.90. The molecule has 0 bridgehead atoms. The summed E-state index contributed by atoms with van der Waals surface area (Å²) < 4.78 is 0. The Morgan fingerprint density at radius 3 is 2.67 bits per heavy atom. The number of aromatic nitrogens is 1. The fourth-order valence-electron chi connectivity index (χ4n) is 1.12. The summed E-state index contributed by atoms with van der Waals surface area (Å²) in [6.07, 6.45) is 2.85. The van der Waals surface area contributed by atoms with Crippen LogP contribution in [0.15, 0.2) is 12.3 Å². The van der Waals surface area contributed by atoms with Crippen molar-refractivity contribution in [2.24, 2.45) is 5.41 Å². The third kappa shape index (κ3) is 3.42. The summed E-state index contributed by atoms with van der Waals surface area (Å²) in [5.74, 6) is 0.906. The molecule has 0 unspecified atom stereocenters. The van der Waals surface area contributed by atoms with E-state index in [-0.39, 0.29) is 0 Å². The molecule has 0 radical (unpaired) electrons. The van der Waals surface area contributed by atoms with Crippen molar-refractivity contribution in [2.45, 2.75) is 34.1 Å². The Hall–Kier alpha value is -1.25. The van der Waals surface area contributed by atoms with Crippen molar-refractivity contribution in [3.05, 3.63) is 17.8 Å². The van der Waals surface area contributed by atoms with Gasteiger partial charge in [-0.2, -0.15) is 0 Å². The Kier molecular flexibility index (Phi) is 3.56. The highest BCUT2D eigenvalue weighted by atomic mass is 15.0. The van der Waals surface area contributed by atoms with Crippen LogP contribution in [0.5, 0.6) is 0 Å². The fourth-order valence-corrected chi connectivity index (χ4v) is 1.12. The molecule has 0 saturated carbocycles. The summed E-state index contributed by atoms with van der Waals surface area (Å²) in [6, 6.07) is 1.99. The average molecular weight is 207 g/mol. The number of pyridine rings is 1. The summed E-state index contributed by atoms with van der Waals surface area (Å²) in [6.45, 7) is 9.60. The molecule has 0 aliphatic rings. The Bertz CT molecular complexity index is 332.